The van der Waals surface area contributed by atoms with Gasteiger partial charge < -0.3 is 14.7 Å². The maximum absolute atomic E-state index is 12.7. The minimum Gasteiger partial charge on any atom is -0.390 e. The average Bonchev–Trinajstić information content (AvgIpc) is 3.18. The third-order valence-electron chi connectivity index (χ3n) is 5.32. The molecule has 0 bridgehead atoms. The monoisotopic (exact) mass is 397 g/mol. The molecule has 2 aliphatic rings. The van der Waals surface area contributed by atoms with E-state index in [0.29, 0.717) is 12.5 Å². The number of aryl methyl sites for hydroxylation is 2. The summed E-state index contributed by atoms with van der Waals surface area (Å²) in [5.74, 6) is 0.318. The van der Waals surface area contributed by atoms with E-state index in [9.17, 15) is 18.6 Å². The number of aromatic nitrogens is 4. The first-order valence-corrected chi connectivity index (χ1v) is 10.5. The summed E-state index contributed by atoms with van der Waals surface area (Å²) in [6.45, 7) is 3.41. The lowest BCUT2D eigenvalue weighted by molar-refractivity contribution is 0.00972. The summed E-state index contributed by atoms with van der Waals surface area (Å²) in [6.07, 6.45) is 2.11. The Bertz CT molecular complexity index is 915. The summed E-state index contributed by atoms with van der Waals surface area (Å²) < 4.78 is 34.4. The standard InChI is InChI=1S/C16H23N5O5S/c1-8-16(9(2)26-18-8)27(24,25)19-12-5-11(14(22)15(12)23)6-21-7-13(17-20-21)10-3-4-10/h7,10-12,14-15,19,22-23H,3-6H2,1-2H3/t11-,12-,14-,15+/m1/s1. The van der Waals surface area contributed by atoms with Gasteiger partial charge in [0.05, 0.1) is 23.9 Å². The van der Waals surface area contributed by atoms with Crippen LogP contribution in [0.25, 0.3) is 0 Å². The van der Waals surface area contributed by atoms with Crippen LogP contribution >= 0.6 is 0 Å². The van der Waals surface area contributed by atoms with Gasteiger partial charge in [0.25, 0.3) is 0 Å². The van der Waals surface area contributed by atoms with Crippen LogP contribution in [0.3, 0.4) is 0 Å². The van der Waals surface area contributed by atoms with Crippen molar-refractivity contribution in [1.82, 2.24) is 24.9 Å². The van der Waals surface area contributed by atoms with Crippen LogP contribution in [0.2, 0.25) is 0 Å². The van der Waals surface area contributed by atoms with Crippen molar-refractivity contribution in [2.45, 2.75) is 68.7 Å². The summed E-state index contributed by atoms with van der Waals surface area (Å²) >= 11 is 0. The van der Waals surface area contributed by atoms with Crippen molar-refractivity contribution in [3.05, 3.63) is 23.3 Å². The van der Waals surface area contributed by atoms with Crippen LogP contribution in [-0.4, -0.2) is 57.0 Å². The summed E-state index contributed by atoms with van der Waals surface area (Å²) in [5, 5.41) is 32.6. The molecule has 2 saturated carbocycles. The number of aliphatic hydroxyl groups excluding tert-OH is 2. The van der Waals surface area contributed by atoms with Crippen LogP contribution in [0.5, 0.6) is 0 Å². The van der Waals surface area contributed by atoms with Crippen molar-refractivity contribution in [3.8, 4) is 0 Å². The first-order valence-electron chi connectivity index (χ1n) is 8.97. The van der Waals surface area contributed by atoms with Gasteiger partial charge in [-0.3, -0.25) is 4.68 Å². The van der Waals surface area contributed by atoms with E-state index in [1.54, 1.807) is 4.68 Å². The Kier molecular flexibility index (Phi) is 4.57. The molecule has 2 aromatic rings. The van der Waals surface area contributed by atoms with Crippen LogP contribution < -0.4 is 4.72 Å². The lowest BCUT2D eigenvalue weighted by atomic mass is 10.1. The van der Waals surface area contributed by atoms with Crippen molar-refractivity contribution < 1.29 is 23.2 Å². The Labute approximate surface area is 156 Å². The molecule has 4 rings (SSSR count). The van der Waals surface area contributed by atoms with Crippen LogP contribution in [0, 0.1) is 19.8 Å². The van der Waals surface area contributed by atoms with E-state index in [-0.39, 0.29) is 28.7 Å². The van der Waals surface area contributed by atoms with Crippen LogP contribution in [0.15, 0.2) is 15.6 Å². The molecule has 0 saturated heterocycles. The average molecular weight is 397 g/mol. The minimum atomic E-state index is -3.93. The summed E-state index contributed by atoms with van der Waals surface area (Å²) in [7, 11) is -3.93. The molecule has 10 nitrogen and oxygen atoms in total. The van der Waals surface area contributed by atoms with Gasteiger partial charge >= 0.3 is 0 Å². The molecule has 2 aromatic heterocycles. The number of hydrogen-bond donors (Lipinski definition) is 3. The molecule has 3 N–H and O–H groups in total. The number of nitrogens with zero attached hydrogens (tertiary/aromatic N) is 4. The quantitative estimate of drug-likeness (QED) is 0.610. The summed E-state index contributed by atoms with van der Waals surface area (Å²) in [5.41, 5.74) is 1.19. The molecule has 27 heavy (non-hydrogen) atoms. The van der Waals surface area contributed by atoms with Crippen LogP contribution in [0.4, 0.5) is 0 Å². The topological polar surface area (TPSA) is 143 Å². The van der Waals surface area contributed by atoms with Crippen molar-refractivity contribution in [1.29, 1.82) is 0 Å². The molecule has 2 fully saturated rings. The van der Waals surface area contributed by atoms with Gasteiger partial charge in [-0.2, -0.15) is 0 Å². The Hall–Kier alpha value is -1.82. The second-order valence-corrected chi connectivity index (χ2v) is 9.15. The molecule has 4 atom stereocenters. The highest BCUT2D eigenvalue weighted by atomic mass is 32.2. The molecule has 2 aliphatic carbocycles. The fraction of sp³-hybridized carbons (Fsp3) is 0.688. The zero-order valence-electron chi connectivity index (χ0n) is 15.1. The molecule has 2 heterocycles. The molecule has 0 aliphatic heterocycles. The zero-order chi connectivity index (χ0) is 19.3. The smallest absolute Gasteiger partial charge is 0.246 e. The Balaban J connectivity index is 1.46. The van der Waals surface area contributed by atoms with Gasteiger partial charge in [0, 0.05) is 24.6 Å². The van der Waals surface area contributed by atoms with Gasteiger partial charge in [-0.25, -0.2) is 13.1 Å². The highest BCUT2D eigenvalue weighted by Gasteiger charge is 2.44. The van der Waals surface area contributed by atoms with E-state index in [4.69, 9.17) is 4.52 Å². The number of nitrogens with one attached hydrogen (secondary N) is 1. The Morgan fingerprint density at radius 1 is 1.30 bits per heavy atom. The fourth-order valence-electron chi connectivity index (χ4n) is 3.75. The maximum Gasteiger partial charge on any atom is 0.246 e. The Morgan fingerprint density at radius 3 is 2.67 bits per heavy atom. The molecular formula is C16H23N5O5S. The van der Waals surface area contributed by atoms with Gasteiger partial charge in [-0.15, -0.1) is 5.10 Å². The lowest BCUT2D eigenvalue weighted by Crippen LogP contribution is -2.43. The van der Waals surface area contributed by atoms with Gasteiger partial charge in [-0.1, -0.05) is 10.4 Å². The number of rotatable bonds is 6. The first-order chi connectivity index (χ1) is 12.8. The van der Waals surface area contributed by atoms with E-state index in [1.807, 2.05) is 6.20 Å². The van der Waals surface area contributed by atoms with E-state index in [2.05, 4.69) is 20.2 Å². The van der Waals surface area contributed by atoms with E-state index in [1.165, 1.54) is 13.8 Å². The summed E-state index contributed by atoms with van der Waals surface area (Å²) in [4.78, 5) is -0.0296. The first kappa shape index (κ1) is 18.5. The van der Waals surface area contributed by atoms with Crippen molar-refractivity contribution in [2.24, 2.45) is 5.92 Å². The third-order valence-corrected chi connectivity index (χ3v) is 7.05. The molecule has 0 aromatic carbocycles. The fourth-order valence-corrected chi connectivity index (χ4v) is 5.34. The highest BCUT2D eigenvalue weighted by Crippen LogP contribution is 2.38. The predicted molar refractivity (Wildman–Crippen MR) is 92.2 cm³/mol. The number of hydrogen-bond acceptors (Lipinski definition) is 8. The van der Waals surface area contributed by atoms with E-state index < -0.39 is 28.3 Å². The van der Waals surface area contributed by atoms with Crippen molar-refractivity contribution in [3.63, 3.8) is 0 Å². The number of aliphatic hydroxyl groups is 2. The zero-order valence-corrected chi connectivity index (χ0v) is 15.9. The number of sulfonamides is 1. The summed E-state index contributed by atoms with van der Waals surface area (Å²) in [6, 6.07) is -0.810. The molecule has 0 radical (unpaired) electrons. The van der Waals surface area contributed by atoms with Crippen molar-refractivity contribution >= 4 is 10.0 Å². The SMILES string of the molecule is Cc1noc(C)c1S(=O)(=O)N[C@@H]1C[C@H](Cn2cc(C3CC3)nn2)[C@@H](O)[C@H]1O. The van der Waals surface area contributed by atoms with Crippen molar-refractivity contribution in [2.75, 3.05) is 0 Å². The molecular weight excluding hydrogens is 374 g/mol. The minimum absolute atomic E-state index is 0.0296. The molecule has 148 valence electrons. The largest absolute Gasteiger partial charge is 0.390 e. The third kappa shape index (κ3) is 3.51. The molecule has 0 unspecified atom stereocenters. The Morgan fingerprint density at radius 2 is 2.04 bits per heavy atom. The molecule has 0 amide bonds. The van der Waals surface area contributed by atoms with Crippen LogP contribution in [0.1, 0.15) is 42.3 Å². The lowest BCUT2D eigenvalue weighted by Gasteiger charge is -2.18. The second-order valence-electron chi connectivity index (χ2n) is 7.50. The van der Waals surface area contributed by atoms with E-state index in [0.717, 1.165) is 18.5 Å². The molecule has 11 heteroatoms. The normalized spacial score (nSPS) is 28.7. The van der Waals surface area contributed by atoms with Gasteiger partial charge in [-0.05, 0) is 33.1 Å². The van der Waals surface area contributed by atoms with E-state index >= 15 is 0 Å². The van der Waals surface area contributed by atoms with Gasteiger partial charge in [0.15, 0.2) is 5.76 Å². The van der Waals surface area contributed by atoms with Gasteiger partial charge in [0.2, 0.25) is 10.0 Å². The highest BCUT2D eigenvalue weighted by molar-refractivity contribution is 7.89. The maximum atomic E-state index is 12.7. The van der Waals surface area contributed by atoms with Gasteiger partial charge in [0.1, 0.15) is 10.6 Å². The predicted octanol–water partition coefficient (Wildman–Crippen LogP) is -0.151. The molecule has 0 spiro atoms. The van der Waals surface area contributed by atoms with Crippen LogP contribution in [-0.2, 0) is 16.6 Å². The second kappa shape index (κ2) is 6.66.